The van der Waals surface area contributed by atoms with E-state index in [1.807, 2.05) is 19.2 Å². The number of hydrogen-bond acceptors (Lipinski definition) is 5. The van der Waals surface area contributed by atoms with Crippen LogP contribution in [0, 0.1) is 22.9 Å². The van der Waals surface area contributed by atoms with E-state index in [4.69, 9.17) is 9.47 Å². The van der Waals surface area contributed by atoms with Crippen LogP contribution in [0.25, 0.3) is 5.69 Å². The van der Waals surface area contributed by atoms with Crippen molar-refractivity contribution in [1.82, 2.24) is 14.3 Å². The second-order valence-corrected chi connectivity index (χ2v) is 9.17. The molecule has 1 amide bonds. The van der Waals surface area contributed by atoms with Crippen molar-refractivity contribution in [3.05, 3.63) is 63.8 Å². The summed E-state index contributed by atoms with van der Waals surface area (Å²) in [6, 6.07) is 3.73. The summed E-state index contributed by atoms with van der Waals surface area (Å²) in [4.78, 5) is 25.7. The van der Waals surface area contributed by atoms with Gasteiger partial charge >= 0.3 is 17.9 Å². The van der Waals surface area contributed by atoms with Crippen LogP contribution in [0.15, 0.2) is 35.1 Å². The van der Waals surface area contributed by atoms with Crippen molar-refractivity contribution in [2.24, 2.45) is 5.41 Å². The molecule has 0 saturated carbocycles. The normalized spacial score (nSPS) is 15.5. The van der Waals surface area contributed by atoms with Gasteiger partial charge in [-0.25, -0.2) is 22.5 Å². The van der Waals surface area contributed by atoms with Crippen molar-refractivity contribution >= 4 is 11.6 Å². The van der Waals surface area contributed by atoms with Gasteiger partial charge < -0.3 is 14.8 Å². The molecule has 1 aromatic heterocycles. The van der Waals surface area contributed by atoms with Gasteiger partial charge in [0.15, 0.2) is 6.10 Å². The molecule has 1 aliphatic heterocycles. The summed E-state index contributed by atoms with van der Waals surface area (Å²) in [5.41, 5.74) is -3.64. The van der Waals surface area contributed by atoms with Gasteiger partial charge in [-0.15, -0.1) is 5.10 Å². The summed E-state index contributed by atoms with van der Waals surface area (Å²) in [6.45, 7) is 4.65. The van der Waals surface area contributed by atoms with E-state index in [2.05, 4.69) is 5.10 Å². The van der Waals surface area contributed by atoms with E-state index in [0.717, 1.165) is 22.8 Å². The van der Waals surface area contributed by atoms with Crippen LogP contribution < -0.4 is 20.5 Å². The van der Waals surface area contributed by atoms with Crippen molar-refractivity contribution in [2.75, 3.05) is 11.9 Å². The molecule has 1 N–H and O–H groups in total. The van der Waals surface area contributed by atoms with Crippen LogP contribution in [0.5, 0.6) is 11.8 Å². The third kappa shape index (κ3) is 5.13. The number of amides is 1. The van der Waals surface area contributed by atoms with E-state index >= 15 is 4.39 Å². The van der Waals surface area contributed by atoms with Gasteiger partial charge in [-0.2, -0.15) is 17.9 Å². The maximum absolute atomic E-state index is 15.2. The zero-order valence-electron chi connectivity index (χ0n) is 19.6. The summed E-state index contributed by atoms with van der Waals surface area (Å²) in [5.74, 6) is -5.76. The summed E-state index contributed by atoms with van der Waals surface area (Å²) in [6.07, 6.45) is -7.36. The molecule has 0 unspecified atom stereocenters. The molecule has 0 spiro atoms. The fourth-order valence-corrected chi connectivity index (χ4v) is 3.55. The maximum atomic E-state index is 15.2. The van der Waals surface area contributed by atoms with Crippen LogP contribution in [0.4, 0.5) is 32.0 Å². The maximum Gasteiger partial charge on any atom is 0.425 e. The zero-order valence-corrected chi connectivity index (χ0v) is 19.6. The molecular formula is C23H20F6N4O4. The minimum Gasteiger partial charge on any atom is -0.480 e. The van der Waals surface area contributed by atoms with Gasteiger partial charge in [0.05, 0.1) is 12.2 Å². The summed E-state index contributed by atoms with van der Waals surface area (Å²) < 4.78 is 94.9. The molecular weight excluding hydrogens is 510 g/mol. The van der Waals surface area contributed by atoms with E-state index < -0.39 is 69.4 Å². The number of halogens is 6. The zero-order chi connectivity index (χ0) is 27.3. The lowest BCUT2D eigenvalue weighted by atomic mass is 9.94. The lowest BCUT2D eigenvalue weighted by Crippen LogP contribution is -2.37. The summed E-state index contributed by atoms with van der Waals surface area (Å²) in [7, 11) is 0. The Kier molecular flexibility index (Phi) is 6.46. The van der Waals surface area contributed by atoms with Crippen LogP contribution in [0.3, 0.4) is 0 Å². The number of hydrogen-bond donors (Lipinski definition) is 1. The minimum atomic E-state index is -4.89. The van der Waals surface area contributed by atoms with Crippen molar-refractivity contribution in [2.45, 2.75) is 39.6 Å². The molecule has 0 bridgehead atoms. The molecule has 3 aromatic rings. The highest BCUT2D eigenvalue weighted by Crippen LogP contribution is 2.32. The van der Waals surface area contributed by atoms with E-state index in [0.29, 0.717) is 23.7 Å². The smallest absolute Gasteiger partial charge is 0.425 e. The number of para-hydroxylation sites is 1. The van der Waals surface area contributed by atoms with Crippen LogP contribution in [-0.2, 0) is 6.54 Å². The number of carbonyl (C=O) groups excluding carboxylic acids is 1. The second kappa shape index (κ2) is 9.16. The average Bonchev–Trinajstić information content (AvgIpc) is 3.11. The van der Waals surface area contributed by atoms with E-state index in [1.54, 1.807) is 0 Å². The Labute approximate surface area is 205 Å². The number of ether oxygens (including phenoxy) is 2. The van der Waals surface area contributed by atoms with Crippen LogP contribution in [0.2, 0.25) is 0 Å². The Morgan fingerprint density at radius 3 is 2.43 bits per heavy atom. The molecule has 1 aliphatic rings. The van der Waals surface area contributed by atoms with Gasteiger partial charge in [-0.3, -0.25) is 4.79 Å². The lowest BCUT2D eigenvalue weighted by Gasteiger charge is -2.28. The summed E-state index contributed by atoms with van der Waals surface area (Å²) >= 11 is 0. The van der Waals surface area contributed by atoms with Crippen LogP contribution >= 0.6 is 0 Å². The number of alkyl halides is 3. The monoisotopic (exact) mass is 530 g/mol. The van der Waals surface area contributed by atoms with Crippen molar-refractivity contribution in [3.8, 4) is 17.4 Å². The third-order valence-corrected chi connectivity index (χ3v) is 5.49. The number of nitrogens with one attached hydrogen (secondary N) is 1. The van der Waals surface area contributed by atoms with Gasteiger partial charge in [0.25, 0.3) is 5.91 Å². The van der Waals surface area contributed by atoms with E-state index in [1.165, 1.54) is 0 Å². The first-order chi connectivity index (χ1) is 17.2. The Bertz CT molecular complexity index is 1410. The molecule has 37 heavy (non-hydrogen) atoms. The number of carbonyl (C=O) groups is 1. The number of aromatic nitrogens is 3. The van der Waals surface area contributed by atoms with Gasteiger partial charge in [-0.05, 0) is 25.1 Å². The average molecular weight is 530 g/mol. The predicted molar refractivity (Wildman–Crippen MR) is 118 cm³/mol. The van der Waals surface area contributed by atoms with Gasteiger partial charge in [0.2, 0.25) is 0 Å². The van der Waals surface area contributed by atoms with Gasteiger partial charge in [-0.1, -0.05) is 19.9 Å². The molecule has 14 heteroatoms. The number of fused-ring (bicyclic) bond motifs is 1. The first-order valence-electron chi connectivity index (χ1n) is 10.8. The van der Waals surface area contributed by atoms with E-state index in [9.17, 15) is 31.5 Å². The highest BCUT2D eigenvalue weighted by atomic mass is 19.4. The first-order valence-corrected chi connectivity index (χ1v) is 10.8. The van der Waals surface area contributed by atoms with Crippen molar-refractivity contribution < 1.29 is 40.6 Å². The molecule has 0 fully saturated rings. The van der Waals surface area contributed by atoms with Crippen molar-refractivity contribution in [3.63, 3.8) is 0 Å². The highest BCUT2D eigenvalue weighted by molar-refractivity contribution is 6.06. The molecule has 1 atom stereocenters. The predicted octanol–water partition coefficient (Wildman–Crippen LogP) is 4.45. The quantitative estimate of drug-likeness (QED) is 0.493. The molecule has 2 aromatic carbocycles. The summed E-state index contributed by atoms with van der Waals surface area (Å²) in [5, 5.41) is 5.78. The standard InChI is InChI=1S/C23H20F6N4O4/c1-11(23(27,28)29)37-17-8-16(33-21(35)32-9-22(2,3)10-36-20(32)31-33)15(26)7-12(17)19(34)30-18-13(24)5-4-6-14(18)25/h4-8,11H,9-10H2,1-3H3,(H,30,34)/t11-/m0/s1. The molecule has 8 nitrogen and oxygen atoms in total. The Hall–Kier alpha value is -3.97. The Morgan fingerprint density at radius 1 is 1.16 bits per heavy atom. The minimum absolute atomic E-state index is 0.133. The molecule has 198 valence electrons. The number of rotatable bonds is 5. The number of anilines is 1. The number of benzene rings is 2. The Morgan fingerprint density at radius 2 is 1.81 bits per heavy atom. The molecule has 0 radical (unpaired) electrons. The molecule has 0 saturated heterocycles. The van der Waals surface area contributed by atoms with E-state index in [-0.39, 0.29) is 19.2 Å². The van der Waals surface area contributed by atoms with Crippen molar-refractivity contribution in [1.29, 1.82) is 0 Å². The molecule has 4 rings (SSSR count). The van der Waals surface area contributed by atoms with Gasteiger partial charge in [0.1, 0.15) is 34.6 Å². The highest BCUT2D eigenvalue weighted by Gasteiger charge is 2.39. The van der Waals surface area contributed by atoms with Crippen LogP contribution in [0.1, 0.15) is 31.1 Å². The van der Waals surface area contributed by atoms with Crippen LogP contribution in [-0.4, -0.2) is 39.1 Å². The Balaban J connectivity index is 1.81. The topological polar surface area (TPSA) is 87.4 Å². The second-order valence-electron chi connectivity index (χ2n) is 9.17. The molecule has 2 heterocycles. The largest absolute Gasteiger partial charge is 0.480 e. The van der Waals surface area contributed by atoms with Gasteiger partial charge in [0, 0.05) is 18.0 Å². The lowest BCUT2D eigenvalue weighted by molar-refractivity contribution is -0.189. The fourth-order valence-electron chi connectivity index (χ4n) is 3.55. The fraction of sp³-hybridized carbons (Fsp3) is 0.348. The SMILES string of the molecule is C[C@H](Oc1cc(-n2nc3n(c2=O)CC(C)(C)CO3)c(F)cc1C(=O)Nc1c(F)cccc1F)C(F)(F)F. The third-order valence-electron chi connectivity index (χ3n) is 5.49. The number of nitrogens with zero attached hydrogens (tertiary/aromatic N) is 3. The molecule has 0 aliphatic carbocycles. The first kappa shape index (κ1) is 26.1.